The Balaban J connectivity index is 1.70. The van der Waals surface area contributed by atoms with Gasteiger partial charge in [0, 0.05) is 25.9 Å². The number of carbonyl (C=O) groups is 2. The molecule has 3 rings (SSSR count). The first-order chi connectivity index (χ1) is 14.4. The first-order valence-electron chi connectivity index (χ1n) is 9.58. The molecule has 1 aromatic heterocycles. The first kappa shape index (κ1) is 22.0. The number of nitrogens with one attached hydrogen (secondary N) is 2. The number of piperidine rings is 1. The smallest absolute Gasteiger partial charge is 0.340 e. The number of hydrogen-bond acceptors (Lipinski definition) is 6. The lowest BCUT2D eigenvalue weighted by atomic mass is 10.0. The number of aromatic amines is 1. The molecular formula is C20H24ClFN4O4. The van der Waals surface area contributed by atoms with Crippen molar-refractivity contribution in [3.05, 3.63) is 46.3 Å². The second-order valence-corrected chi connectivity index (χ2v) is 7.31. The standard InChI is InChI=1S/C20H24ClFN4O4/c1-4-14-17(21)25-18(23-14)19(27)24-15-7-8-26(10-16(15)29-2)11-5-6-13(22)12(9-11)20(28)30-3/h5-6,9,15-16H,4,7-8,10H2,1-3H3,(H,23,25)(H,24,27)/t15-,16+/m0/s1. The van der Waals surface area contributed by atoms with Crippen molar-refractivity contribution in [2.24, 2.45) is 0 Å². The molecule has 0 aliphatic carbocycles. The van der Waals surface area contributed by atoms with Crippen LogP contribution in [0.4, 0.5) is 10.1 Å². The number of ether oxygens (including phenoxy) is 2. The van der Waals surface area contributed by atoms with Gasteiger partial charge in [-0.1, -0.05) is 18.5 Å². The normalized spacial score (nSPS) is 18.9. The van der Waals surface area contributed by atoms with Crippen LogP contribution in [0.2, 0.25) is 5.15 Å². The summed E-state index contributed by atoms with van der Waals surface area (Å²) in [5.41, 5.74) is 1.26. The summed E-state index contributed by atoms with van der Waals surface area (Å²) < 4.78 is 24.2. The minimum Gasteiger partial charge on any atom is -0.465 e. The molecule has 1 aliphatic rings. The number of methoxy groups -OCH3 is 2. The quantitative estimate of drug-likeness (QED) is 0.673. The zero-order valence-corrected chi connectivity index (χ0v) is 17.8. The topological polar surface area (TPSA) is 96.6 Å². The van der Waals surface area contributed by atoms with Crippen molar-refractivity contribution in [1.82, 2.24) is 15.3 Å². The van der Waals surface area contributed by atoms with Gasteiger partial charge in [-0.15, -0.1) is 0 Å². The number of carbonyl (C=O) groups excluding carboxylic acids is 2. The molecule has 2 N–H and O–H groups in total. The summed E-state index contributed by atoms with van der Waals surface area (Å²) in [4.78, 5) is 33.3. The number of hydrogen-bond donors (Lipinski definition) is 2. The van der Waals surface area contributed by atoms with Gasteiger partial charge >= 0.3 is 5.97 Å². The van der Waals surface area contributed by atoms with Crippen LogP contribution in [-0.2, 0) is 15.9 Å². The van der Waals surface area contributed by atoms with E-state index in [1.165, 1.54) is 19.2 Å². The highest BCUT2D eigenvalue weighted by molar-refractivity contribution is 6.30. The van der Waals surface area contributed by atoms with E-state index in [1.807, 2.05) is 11.8 Å². The fourth-order valence-electron chi connectivity index (χ4n) is 3.50. The summed E-state index contributed by atoms with van der Waals surface area (Å²) in [6.07, 6.45) is 0.915. The number of anilines is 1. The molecule has 1 saturated heterocycles. The molecule has 0 radical (unpaired) electrons. The monoisotopic (exact) mass is 438 g/mol. The number of halogens is 2. The van der Waals surface area contributed by atoms with Crippen LogP contribution in [0.1, 0.15) is 40.0 Å². The predicted octanol–water partition coefficient (Wildman–Crippen LogP) is 2.57. The Hall–Kier alpha value is -2.65. The van der Waals surface area contributed by atoms with Crippen LogP contribution in [0.25, 0.3) is 0 Å². The number of amides is 1. The molecule has 1 aliphatic heterocycles. The number of H-pyrrole nitrogens is 1. The number of rotatable bonds is 6. The lowest BCUT2D eigenvalue weighted by Gasteiger charge is -2.39. The lowest BCUT2D eigenvalue weighted by Crippen LogP contribution is -2.55. The maximum atomic E-state index is 13.9. The van der Waals surface area contributed by atoms with Gasteiger partial charge in [-0.3, -0.25) is 4.79 Å². The van der Waals surface area contributed by atoms with Crippen molar-refractivity contribution < 1.29 is 23.5 Å². The molecule has 2 aromatic rings. The molecule has 10 heteroatoms. The third-order valence-corrected chi connectivity index (χ3v) is 5.51. The van der Waals surface area contributed by atoms with E-state index < -0.39 is 11.8 Å². The van der Waals surface area contributed by atoms with Crippen molar-refractivity contribution in [3.8, 4) is 0 Å². The Kier molecular flexibility index (Phi) is 6.94. The summed E-state index contributed by atoms with van der Waals surface area (Å²) in [7, 11) is 2.77. The number of imidazole rings is 1. The Labute approximate surface area is 178 Å². The summed E-state index contributed by atoms with van der Waals surface area (Å²) in [5.74, 6) is -1.56. The van der Waals surface area contributed by atoms with Crippen LogP contribution in [0.3, 0.4) is 0 Å². The van der Waals surface area contributed by atoms with Gasteiger partial charge in [-0.2, -0.15) is 0 Å². The van der Waals surface area contributed by atoms with Gasteiger partial charge in [0.2, 0.25) is 0 Å². The maximum Gasteiger partial charge on any atom is 0.340 e. The van der Waals surface area contributed by atoms with E-state index >= 15 is 0 Å². The largest absolute Gasteiger partial charge is 0.465 e. The SMILES string of the molecule is CCc1[nH]c(C(=O)N[C@H]2CCN(c3ccc(F)c(C(=O)OC)c3)C[C@H]2OC)nc1Cl. The summed E-state index contributed by atoms with van der Waals surface area (Å²) in [6.45, 7) is 2.95. The predicted molar refractivity (Wildman–Crippen MR) is 110 cm³/mol. The summed E-state index contributed by atoms with van der Waals surface area (Å²) in [5, 5.41) is 3.23. The van der Waals surface area contributed by atoms with Crippen LogP contribution in [0, 0.1) is 5.82 Å². The highest BCUT2D eigenvalue weighted by Crippen LogP contribution is 2.25. The van der Waals surface area contributed by atoms with Crippen molar-refractivity contribution in [3.63, 3.8) is 0 Å². The van der Waals surface area contributed by atoms with E-state index in [0.29, 0.717) is 42.5 Å². The third-order valence-electron chi connectivity index (χ3n) is 5.20. The summed E-state index contributed by atoms with van der Waals surface area (Å²) >= 11 is 6.02. The third kappa shape index (κ3) is 4.57. The van der Waals surface area contributed by atoms with Gasteiger partial charge in [-0.25, -0.2) is 14.2 Å². The Morgan fingerprint density at radius 2 is 2.17 bits per heavy atom. The van der Waals surface area contributed by atoms with Gasteiger partial charge < -0.3 is 24.7 Å². The number of esters is 1. The van der Waals surface area contributed by atoms with Crippen LogP contribution in [0.15, 0.2) is 18.2 Å². The molecule has 8 nitrogen and oxygen atoms in total. The molecule has 1 amide bonds. The minimum atomic E-state index is -0.733. The molecule has 0 bridgehead atoms. The fraction of sp³-hybridized carbons (Fsp3) is 0.450. The van der Waals surface area contributed by atoms with Gasteiger partial charge in [-0.05, 0) is 31.0 Å². The van der Waals surface area contributed by atoms with Crippen molar-refractivity contribution >= 4 is 29.2 Å². The molecule has 162 valence electrons. The Morgan fingerprint density at radius 3 is 2.80 bits per heavy atom. The fourth-order valence-corrected chi connectivity index (χ4v) is 3.76. The highest BCUT2D eigenvalue weighted by Gasteiger charge is 2.32. The number of benzene rings is 1. The highest BCUT2D eigenvalue weighted by atomic mass is 35.5. The molecule has 0 spiro atoms. The van der Waals surface area contributed by atoms with E-state index in [1.54, 1.807) is 13.2 Å². The van der Waals surface area contributed by atoms with Crippen molar-refractivity contribution in [2.45, 2.75) is 31.9 Å². The second kappa shape index (κ2) is 9.44. The molecular weight excluding hydrogens is 415 g/mol. The molecule has 30 heavy (non-hydrogen) atoms. The molecule has 1 aromatic carbocycles. The first-order valence-corrected chi connectivity index (χ1v) is 9.96. The van der Waals surface area contributed by atoms with Crippen LogP contribution in [0.5, 0.6) is 0 Å². The Morgan fingerprint density at radius 1 is 1.40 bits per heavy atom. The van der Waals surface area contributed by atoms with Crippen LogP contribution in [-0.4, -0.2) is 61.3 Å². The van der Waals surface area contributed by atoms with E-state index in [9.17, 15) is 14.0 Å². The number of aryl methyl sites for hydroxylation is 1. The molecule has 0 saturated carbocycles. The second-order valence-electron chi connectivity index (χ2n) is 6.95. The van der Waals surface area contributed by atoms with Gasteiger partial charge in [0.25, 0.3) is 5.91 Å². The molecule has 1 fully saturated rings. The average molecular weight is 439 g/mol. The van der Waals surface area contributed by atoms with Gasteiger partial charge in [0.1, 0.15) is 5.82 Å². The van der Waals surface area contributed by atoms with E-state index in [4.69, 9.17) is 16.3 Å². The van der Waals surface area contributed by atoms with Crippen molar-refractivity contribution in [2.75, 3.05) is 32.2 Å². The number of aromatic nitrogens is 2. The Bertz CT molecular complexity index is 936. The maximum absolute atomic E-state index is 13.9. The molecule has 2 heterocycles. The molecule has 2 atom stereocenters. The average Bonchev–Trinajstić information content (AvgIpc) is 3.14. The van der Waals surface area contributed by atoms with Crippen LogP contribution >= 0.6 is 11.6 Å². The van der Waals surface area contributed by atoms with E-state index in [0.717, 1.165) is 0 Å². The summed E-state index contributed by atoms with van der Waals surface area (Å²) in [6, 6.07) is 4.06. The van der Waals surface area contributed by atoms with Crippen molar-refractivity contribution in [1.29, 1.82) is 0 Å². The zero-order valence-electron chi connectivity index (χ0n) is 17.0. The lowest BCUT2D eigenvalue weighted by molar-refractivity contribution is 0.0537. The van der Waals surface area contributed by atoms with Gasteiger partial charge in [0.15, 0.2) is 11.0 Å². The van der Waals surface area contributed by atoms with E-state index in [2.05, 4.69) is 20.0 Å². The zero-order chi connectivity index (χ0) is 21.8. The number of nitrogens with zero attached hydrogens (tertiary/aromatic N) is 2. The minimum absolute atomic E-state index is 0.124. The molecule has 0 unspecified atom stereocenters. The van der Waals surface area contributed by atoms with E-state index in [-0.39, 0.29) is 29.4 Å². The van der Waals surface area contributed by atoms with Gasteiger partial charge in [0.05, 0.1) is 30.5 Å². The van der Waals surface area contributed by atoms with Crippen LogP contribution < -0.4 is 10.2 Å².